The summed E-state index contributed by atoms with van der Waals surface area (Å²) in [6, 6.07) is 5.37. The highest BCUT2D eigenvalue weighted by molar-refractivity contribution is 5.90. The van der Waals surface area contributed by atoms with E-state index in [0.717, 1.165) is 23.4 Å². The molecule has 0 spiro atoms. The summed E-state index contributed by atoms with van der Waals surface area (Å²) in [5.41, 5.74) is 1.78. The lowest BCUT2D eigenvalue weighted by molar-refractivity contribution is 0.252. The number of hydrogen-bond acceptors (Lipinski definition) is 2. The first-order chi connectivity index (χ1) is 7.67. The molecule has 1 aromatic rings. The van der Waals surface area contributed by atoms with Crippen LogP contribution in [0.25, 0.3) is 0 Å². The van der Waals surface area contributed by atoms with Crippen LogP contribution in [0.2, 0.25) is 0 Å². The molecular formula is C12H18N2O2. The van der Waals surface area contributed by atoms with E-state index in [0.29, 0.717) is 6.54 Å². The van der Waals surface area contributed by atoms with Gasteiger partial charge in [0.05, 0.1) is 7.11 Å². The van der Waals surface area contributed by atoms with Crippen molar-refractivity contribution < 1.29 is 9.53 Å². The van der Waals surface area contributed by atoms with Crippen molar-refractivity contribution in [3.05, 3.63) is 23.8 Å². The van der Waals surface area contributed by atoms with E-state index < -0.39 is 0 Å². The first-order valence-corrected chi connectivity index (χ1v) is 5.37. The maximum atomic E-state index is 11.4. The quantitative estimate of drug-likeness (QED) is 0.822. The number of carbonyl (C=O) groups excluding carboxylic acids is 1. The Morgan fingerprint density at radius 2 is 2.19 bits per heavy atom. The standard InChI is InChI=1S/C12H18N2O2/c1-4-7-13-12(15)14-11-6-5-10(16-3)8-9(11)2/h5-6,8H,4,7H2,1-3H3,(H2,13,14,15). The van der Waals surface area contributed by atoms with Gasteiger partial charge in [-0.25, -0.2) is 4.79 Å². The third-order valence-corrected chi connectivity index (χ3v) is 2.22. The first-order valence-electron chi connectivity index (χ1n) is 5.37. The number of carbonyl (C=O) groups is 1. The van der Waals surface area contributed by atoms with Gasteiger partial charge in [-0.1, -0.05) is 6.92 Å². The average molecular weight is 222 g/mol. The lowest BCUT2D eigenvalue weighted by Gasteiger charge is -2.10. The zero-order valence-electron chi connectivity index (χ0n) is 9.96. The van der Waals surface area contributed by atoms with E-state index in [-0.39, 0.29) is 6.03 Å². The van der Waals surface area contributed by atoms with Crippen LogP contribution in [0.5, 0.6) is 5.75 Å². The maximum absolute atomic E-state index is 11.4. The predicted molar refractivity (Wildman–Crippen MR) is 65.0 cm³/mol. The molecule has 4 nitrogen and oxygen atoms in total. The SMILES string of the molecule is CCCNC(=O)Nc1ccc(OC)cc1C. The minimum atomic E-state index is -0.171. The van der Waals surface area contributed by atoms with Gasteiger partial charge in [0, 0.05) is 12.2 Å². The van der Waals surface area contributed by atoms with Crippen LogP contribution in [0.15, 0.2) is 18.2 Å². The molecule has 0 bridgehead atoms. The summed E-state index contributed by atoms with van der Waals surface area (Å²) in [6.45, 7) is 4.62. The Morgan fingerprint density at radius 1 is 1.44 bits per heavy atom. The van der Waals surface area contributed by atoms with Crippen molar-refractivity contribution in [2.45, 2.75) is 20.3 Å². The highest BCUT2D eigenvalue weighted by Gasteiger charge is 2.04. The van der Waals surface area contributed by atoms with Gasteiger partial charge in [-0.2, -0.15) is 0 Å². The largest absolute Gasteiger partial charge is 0.497 e. The molecule has 0 aromatic heterocycles. The number of urea groups is 1. The van der Waals surface area contributed by atoms with Crippen molar-refractivity contribution >= 4 is 11.7 Å². The Labute approximate surface area is 96.0 Å². The van der Waals surface area contributed by atoms with E-state index in [2.05, 4.69) is 10.6 Å². The van der Waals surface area contributed by atoms with E-state index in [4.69, 9.17) is 4.74 Å². The summed E-state index contributed by atoms with van der Waals surface area (Å²) in [5.74, 6) is 0.789. The number of rotatable bonds is 4. The number of amides is 2. The fourth-order valence-corrected chi connectivity index (χ4v) is 1.31. The average Bonchev–Trinajstić information content (AvgIpc) is 2.29. The minimum absolute atomic E-state index is 0.171. The van der Waals surface area contributed by atoms with Crippen molar-refractivity contribution in [3.8, 4) is 5.75 Å². The van der Waals surface area contributed by atoms with E-state index in [1.807, 2.05) is 32.0 Å². The number of ether oxygens (including phenoxy) is 1. The predicted octanol–water partition coefficient (Wildman–Crippen LogP) is 2.54. The molecule has 2 N–H and O–H groups in total. The molecule has 4 heteroatoms. The second-order valence-corrected chi connectivity index (χ2v) is 3.56. The molecule has 0 saturated carbocycles. The Hall–Kier alpha value is -1.71. The molecule has 1 rings (SSSR count). The highest BCUT2D eigenvalue weighted by Crippen LogP contribution is 2.20. The van der Waals surface area contributed by atoms with Gasteiger partial charge >= 0.3 is 6.03 Å². The Kier molecular flexibility index (Phi) is 4.64. The van der Waals surface area contributed by atoms with Crippen molar-refractivity contribution in [3.63, 3.8) is 0 Å². The molecule has 0 aliphatic rings. The van der Waals surface area contributed by atoms with Crippen LogP contribution >= 0.6 is 0 Å². The maximum Gasteiger partial charge on any atom is 0.319 e. The lowest BCUT2D eigenvalue weighted by atomic mass is 10.2. The summed E-state index contributed by atoms with van der Waals surface area (Å²) in [6.07, 6.45) is 0.926. The fourth-order valence-electron chi connectivity index (χ4n) is 1.31. The van der Waals surface area contributed by atoms with Crippen molar-refractivity contribution in [1.82, 2.24) is 5.32 Å². The van der Waals surface area contributed by atoms with Crippen LogP contribution in [0.1, 0.15) is 18.9 Å². The smallest absolute Gasteiger partial charge is 0.319 e. The molecular weight excluding hydrogens is 204 g/mol. The zero-order valence-corrected chi connectivity index (χ0v) is 9.96. The Bertz CT molecular complexity index is 364. The van der Waals surface area contributed by atoms with Gasteiger partial charge < -0.3 is 15.4 Å². The van der Waals surface area contributed by atoms with Gasteiger partial charge in [-0.3, -0.25) is 0 Å². The number of anilines is 1. The van der Waals surface area contributed by atoms with Crippen LogP contribution in [0, 0.1) is 6.92 Å². The van der Waals surface area contributed by atoms with Crippen molar-refractivity contribution in [1.29, 1.82) is 0 Å². The highest BCUT2D eigenvalue weighted by atomic mass is 16.5. The normalized spacial score (nSPS) is 9.69. The van der Waals surface area contributed by atoms with E-state index in [1.54, 1.807) is 7.11 Å². The molecule has 0 atom stereocenters. The third-order valence-electron chi connectivity index (χ3n) is 2.22. The second kappa shape index (κ2) is 6.00. The summed E-state index contributed by atoms with van der Waals surface area (Å²) < 4.78 is 5.09. The van der Waals surface area contributed by atoms with E-state index in [1.165, 1.54) is 0 Å². The molecule has 0 aliphatic heterocycles. The molecule has 0 fully saturated rings. The summed E-state index contributed by atoms with van der Waals surface area (Å²) >= 11 is 0. The number of hydrogen-bond donors (Lipinski definition) is 2. The molecule has 0 saturated heterocycles. The van der Waals surface area contributed by atoms with E-state index >= 15 is 0 Å². The van der Waals surface area contributed by atoms with E-state index in [9.17, 15) is 4.79 Å². The van der Waals surface area contributed by atoms with Gasteiger partial charge in [0.1, 0.15) is 5.75 Å². The molecule has 16 heavy (non-hydrogen) atoms. The molecule has 0 radical (unpaired) electrons. The molecule has 88 valence electrons. The molecule has 0 aliphatic carbocycles. The topological polar surface area (TPSA) is 50.4 Å². The van der Waals surface area contributed by atoms with Gasteiger partial charge in [0.15, 0.2) is 0 Å². The molecule has 0 heterocycles. The van der Waals surface area contributed by atoms with Crippen LogP contribution in [-0.2, 0) is 0 Å². The first kappa shape index (κ1) is 12.4. The summed E-state index contributed by atoms with van der Waals surface area (Å²) in [5, 5.41) is 5.55. The third kappa shape index (κ3) is 3.46. The zero-order chi connectivity index (χ0) is 12.0. The van der Waals surface area contributed by atoms with Crippen molar-refractivity contribution in [2.75, 3.05) is 19.0 Å². The molecule has 2 amide bonds. The molecule has 1 aromatic carbocycles. The number of benzene rings is 1. The number of nitrogens with one attached hydrogen (secondary N) is 2. The summed E-state index contributed by atoms with van der Waals surface area (Å²) in [4.78, 5) is 11.4. The monoisotopic (exact) mass is 222 g/mol. The van der Waals surface area contributed by atoms with Crippen LogP contribution in [0.3, 0.4) is 0 Å². The lowest BCUT2D eigenvalue weighted by Crippen LogP contribution is -2.29. The minimum Gasteiger partial charge on any atom is -0.497 e. The molecule has 0 unspecified atom stereocenters. The fraction of sp³-hybridized carbons (Fsp3) is 0.417. The van der Waals surface area contributed by atoms with Crippen LogP contribution in [0.4, 0.5) is 10.5 Å². The number of methoxy groups -OCH3 is 1. The second-order valence-electron chi connectivity index (χ2n) is 3.56. The van der Waals surface area contributed by atoms with Gasteiger partial charge in [0.25, 0.3) is 0 Å². The van der Waals surface area contributed by atoms with Gasteiger partial charge in [0.2, 0.25) is 0 Å². The Balaban J connectivity index is 2.63. The van der Waals surface area contributed by atoms with Crippen LogP contribution < -0.4 is 15.4 Å². The number of aryl methyl sites for hydroxylation is 1. The Morgan fingerprint density at radius 3 is 2.75 bits per heavy atom. The van der Waals surface area contributed by atoms with Crippen molar-refractivity contribution in [2.24, 2.45) is 0 Å². The van der Waals surface area contributed by atoms with Crippen LogP contribution in [-0.4, -0.2) is 19.7 Å². The summed E-state index contributed by atoms with van der Waals surface area (Å²) in [7, 11) is 1.62. The van der Waals surface area contributed by atoms with Gasteiger partial charge in [-0.15, -0.1) is 0 Å². The van der Waals surface area contributed by atoms with Gasteiger partial charge in [-0.05, 0) is 37.1 Å².